The maximum atomic E-state index is 13.4. The predicted molar refractivity (Wildman–Crippen MR) is 107 cm³/mol. The molecular formula is C23H20F6N2O2. The Morgan fingerprint density at radius 2 is 1.64 bits per heavy atom. The van der Waals surface area contributed by atoms with Crippen LogP contribution in [0.1, 0.15) is 60.7 Å². The molecule has 0 aliphatic heterocycles. The van der Waals surface area contributed by atoms with E-state index in [0.29, 0.717) is 36.8 Å². The van der Waals surface area contributed by atoms with Gasteiger partial charge in [0.1, 0.15) is 11.8 Å². The third-order valence-electron chi connectivity index (χ3n) is 5.07. The van der Waals surface area contributed by atoms with Crippen LogP contribution in [0.25, 0.3) is 11.0 Å². The Kier molecular flexibility index (Phi) is 6.91. The SMILES string of the molecule is CCCc1cc2c(C(F)(F)F)noc2c(CCC)c1OC(C#N)c1ccc(C(F)(F)F)cc1. The van der Waals surface area contributed by atoms with Crippen LogP contribution >= 0.6 is 0 Å². The van der Waals surface area contributed by atoms with Gasteiger partial charge < -0.3 is 9.26 Å². The zero-order valence-corrected chi connectivity index (χ0v) is 17.8. The van der Waals surface area contributed by atoms with E-state index in [1.54, 1.807) is 0 Å². The summed E-state index contributed by atoms with van der Waals surface area (Å²) >= 11 is 0. The minimum absolute atomic E-state index is 0.0804. The van der Waals surface area contributed by atoms with Crippen LogP contribution in [-0.4, -0.2) is 5.16 Å². The van der Waals surface area contributed by atoms with Crippen molar-refractivity contribution in [1.82, 2.24) is 5.16 Å². The maximum absolute atomic E-state index is 13.4. The third-order valence-corrected chi connectivity index (χ3v) is 5.07. The Bertz CT molecular complexity index is 1160. The molecule has 3 aromatic rings. The van der Waals surface area contributed by atoms with Crippen molar-refractivity contribution >= 4 is 11.0 Å². The summed E-state index contributed by atoms with van der Waals surface area (Å²) in [4.78, 5) is 0. The highest BCUT2D eigenvalue weighted by Gasteiger charge is 2.38. The molecule has 0 saturated carbocycles. The van der Waals surface area contributed by atoms with Gasteiger partial charge in [0, 0.05) is 11.1 Å². The van der Waals surface area contributed by atoms with E-state index in [9.17, 15) is 31.6 Å². The number of hydrogen-bond donors (Lipinski definition) is 0. The number of benzene rings is 2. The summed E-state index contributed by atoms with van der Waals surface area (Å²) in [6, 6.07) is 7.19. The number of aromatic nitrogens is 1. The number of alkyl halides is 6. The van der Waals surface area contributed by atoms with Gasteiger partial charge in [0.15, 0.2) is 11.3 Å². The highest BCUT2D eigenvalue weighted by atomic mass is 19.4. The molecule has 4 nitrogen and oxygen atoms in total. The fraction of sp³-hybridized carbons (Fsp3) is 0.391. The molecule has 0 spiro atoms. The first kappa shape index (κ1) is 24.4. The van der Waals surface area contributed by atoms with Gasteiger partial charge in [-0.1, -0.05) is 44.0 Å². The predicted octanol–water partition coefficient (Wildman–Crippen LogP) is 7.41. The second-order valence-electron chi connectivity index (χ2n) is 7.50. The minimum atomic E-state index is -4.71. The molecule has 0 aliphatic carbocycles. The summed E-state index contributed by atoms with van der Waals surface area (Å²) in [5.74, 6) is 0.197. The van der Waals surface area contributed by atoms with Gasteiger partial charge in [-0.05, 0) is 36.6 Å². The summed E-state index contributed by atoms with van der Waals surface area (Å²) < 4.78 is 89.8. The Hall–Kier alpha value is -3.22. The van der Waals surface area contributed by atoms with Gasteiger partial charge >= 0.3 is 12.4 Å². The number of halogens is 6. The van der Waals surface area contributed by atoms with E-state index in [1.165, 1.54) is 6.07 Å². The monoisotopic (exact) mass is 470 g/mol. The highest BCUT2D eigenvalue weighted by molar-refractivity contribution is 5.86. The molecule has 0 radical (unpaired) electrons. The molecule has 1 atom stereocenters. The lowest BCUT2D eigenvalue weighted by atomic mass is 9.97. The Morgan fingerprint density at radius 1 is 1.00 bits per heavy atom. The van der Waals surface area contributed by atoms with Crippen LogP contribution in [0.4, 0.5) is 26.3 Å². The fourth-order valence-electron chi connectivity index (χ4n) is 3.60. The topological polar surface area (TPSA) is 59.1 Å². The van der Waals surface area contributed by atoms with E-state index < -0.39 is 29.7 Å². The summed E-state index contributed by atoms with van der Waals surface area (Å²) in [6.45, 7) is 3.66. The van der Waals surface area contributed by atoms with Crippen LogP contribution in [0.5, 0.6) is 5.75 Å². The second kappa shape index (κ2) is 9.33. The van der Waals surface area contributed by atoms with Gasteiger partial charge in [0.05, 0.1) is 10.9 Å². The number of fused-ring (bicyclic) bond motifs is 1. The number of rotatable bonds is 7. The van der Waals surface area contributed by atoms with E-state index in [2.05, 4.69) is 5.16 Å². The quantitative estimate of drug-likeness (QED) is 0.337. The molecule has 33 heavy (non-hydrogen) atoms. The van der Waals surface area contributed by atoms with E-state index in [1.807, 2.05) is 19.9 Å². The van der Waals surface area contributed by atoms with Crippen molar-refractivity contribution in [2.75, 3.05) is 0 Å². The van der Waals surface area contributed by atoms with Gasteiger partial charge in [0.25, 0.3) is 0 Å². The lowest BCUT2D eigenvalue weighted by Gasteiger charge is -2.20. The first-order valence-electron chi connectivity index (χ1n) is 10.3. The number of hydrogen-bond acceptors (Lipinski definition) is 4. The fourth-order valence-corrected chi connectivity index (χ4v) is 3.60. The number of nitriles is 1. The van der Waals surface area contributed by atoms with Gasteiger partial charge in [-0.3, -0.25) is 0 Å². The Balaban J connectivity index is 2.13. The van der Waals surface area contributed by atoms with Crippen molar-refractivity contribution in [3.63, 3.8) is 0 Å². The van der Waals surface area contributed by atoms with Crippen molar-refractivity contribution in [3.8, 4) is 11.8 Å². The van der Waals surface area contributed by atoms with Crippen LogP contribution in [0.15, 0.2) is 34.9 Å². The van der Waals surface area contributed by atoms with Crippen molar-refractivity contribution in [2.45, 2.75) is 58.0 Å². The molecule has 0 N–H and O–H groups in total. The number of ether oxygens (including phenoxy) is 1. The molecule has 1 heterocycles. The lowest BCUT2D eigenvalue weighted by molar-refractivity contribution is -0.141. The van der Waals surface area contributed by atoms with Gasteiger partial charge in [-0.2, -0.15) is 31.6 Å². The molecule has 0 aliphatic rings. The normalized spacial score (nSPS) is 13.2. The van der Waals surface area contributed by atoms with Gasteiger partial charge in [-0.25, -0.2) is 0 Å². The summed E-state index contributed by atoms with van der Waals surface area (Å²) in [5.41, 5.74) is -1.13. The standard InChI is InChI=1S/C23H20F6N2O2/c1-3-5-14-11-17-20(33-31-21(17)23(27,28)29)16(6-4-2)19(14)32-18(12-30)13-7-9-15(10-8-13)22(24,25)26/h7-11,18H,3-6H2,1-2H3. The van der Waals surface area contributed by atoms with Crippen LogP contribution in [0.2, 0.25) is 0 Å². The van der Waals surface area contributed by atoms with Crippen LogP contribution in [-0.2, 0) is 25.2 Å². The molecule has 0 fully saturated rings. The molecule has 0 bridgehead atoms. The smallest absolute Gasteiger partial charge is 0.437 e. The molecular weight excluding hydrogens is 450 g/mol. The largest absolute Gasteiger partial charge is 0.470 e. The maximum Gasteiger partial charge on any atom is 0.437 e. The summed E-state index contributed by atoms with van der Waals surface area (Å²) in [5, 5.41) is 12.7. The summed E-state index contributed by atoms with van der Waals surface area (Å²) in [7, 11) is 0. The third kappa shape index (κ3) is 5.07. The molecule has 10 heteroatoms. The van der Waals surface area contributed by atoms with E-state index in [4.69, 9.17) is 9.26 Å². The highest BCUT2D eigenvalue weighted by Crippen LogP contribution is 2.42. The Morgan fingerprint density at radius 3 is 2.15 bits per heavy atom. The first-order valence-corrected chi connectivity index (χ1v) is 10.3. The van der Waals surface area contributed by atoms with Crippen LogP contribution in [0, 0.1) is 11.3 Å². The molecule has 176 valence electrons. The average molecular weight is 470 g/mol. The van der Waals surface area contributed by atoms with E-state index in [-0.39, 0.29) is 22.3 Å². The van der Waals surface area contributed by atoms with Crippen molar-refractivity contribution < 1.29 is 35.6 Å². The Labute approximate surface area is 185 Å². The molecule has 0 amide bonds. The second-order valence-corrected chi connectivity index (χ2v) is 7.50. The van der Waals surface area contributed by atoms with Gasteiger partial charge in [-0.15, -0.1) is 0 Å². The molecule has 1 aromatic heterocycles. The molecule has 2 aromatic carbocycles. The van der Waals surface area contributed by atoms with E-state index in [0.717, 1.165) is 24.3 Å². The number of nitrogens with zero attached hydrogens (tertiary/aromatic N) is 2. The van der Waals surface area contributed by atoms with Crippen molar-refractivity contribution in [2.24, 2.45) is 0 Å². The van der Waals surface area contributed by atoms with Crippen LogP contribution in [0.3, 0.4) is 0 Å². The zero-order valence-electron chi connectivity index (χ0n) is 17.8. The lowest BCUT2D eigenvalue weighted by Crippen LogP contribution is -2.11. The number of aryl methyl sites for hydroxylation is 2. The first-order chi connectivity index (χ1) is 15.5. The minimum Gasteiger partial charge on any atom is -0.470 e. The van der Waals surface area contributed by atoms with Crippen LogP contribution < -0.4 is 4.74 Å². The molecule has 1 unspecified atom stereocenters. The summed E-state index contributed by atoms with van der Waals surface area (Å²) in [6.07, 6.45) is -8.75. The molecule has 0 saturated heterocycles. The van der Waals surface area contributed by atoms with Gasteiger partial charge in [0.2, 0.25) is 6.10 Å². The van der Waals surface area contributed by atoms with E-state index >= 15 is 0 Å². The van der Waals surface area contributed by atoms with Crippen molar-refractivity contribution in [3.05, 3.63) is 58.3 Å². The zero-order chi connectivity index (χ0) is 24.4. The molecule has 3 rings (SSSR count). The average Bonchev–Trinajstić information content (AvgIpc) is 3.17. The van der Waals surface area contributed by atoms with Crippen molar-refractivity contribution in [1.29, 1.82) is 5.26 Å².